The lowest BCUT2D eigenvalue weighted by Gasteiger charge is -2.34. The first-order valence-corrected chi connectivity index (χ1v) is 5.14. The van der Waals surface area contributed by atoms with Crippen LogP contribution in [0.2, 0.25) is 0 Å². The molecule has 0 radical (unpaired) electrons. The predicted molar refractivity (Wildman–Crippen MR) is 61.0 cm³/mol. The molecule has 0 bridgehead atoms. The van der Waals surface area contributed by atoms with Gasteiger partial charge in [-0.2, -0.15) is 0 Å². The Labute approximate surface area is 97.9 Å². The molecule has 8 heteroatoms. The summed E-state index contributed by atoms with van der Waals surface area (Å²) in [4.78, 5) is 21.1. The predicted octanol–water partition coefficient (Wildman–Crippen LogP) is -1.55. The van der Waals surface area contributed by atoms with Crippen LogP contribution in [0.3, 0.4) is 0 Å². The molecule has 1 aliphatic rings. The third-order valence-electron chi connectivity index (χ3n) is 2.55. The van der Waals surface area contributed by atoms with Crippen LogP contribution >= 0.6 is 0 Å². The first-order chi connectivity index (χ1) is 8.22. The zero-order valence-corrected chi connectivity index (χ0v) is 9.17. The number of carbonyl (C=O) groups excluding carboxylic acids is 1. The standard InChI is InChI=1S/C9H14N6O2/c10-9(16)6-4-17-2-1-15(6)8-3-7(14-11)12-5-13-8/h3,5-6H,1-2,4,11H2,(H2,10,16)(H,12,13,14). The van der Waals surface area contributed by atoms with Gasteiger partial charge in [0, 0.05) is 12.6 Å². The zero-order chi connectivity index (χ0) is 12.3. The van der Waals surface area contributed by atoms with Crippen LogP contribution in [0.4, 0.5) is 11.6 Å². The number of aromatic nitrogens is 2. The minimum absolute atomic E-state index is 0.269. The first-order valence-electron chi connectivity index (χ1n) is 5.14. The normalized spacial score (nSPS) is 20.1. The minimum Gasteiger partial charge on any atom is -0.377 e. The van der Waals surface area contributed by atoms with Crippen LogP contribution in [-0.2, 0) is 9.53 Å². The Morgan fingerprint density at radius 2 is 2.41 bits per heavy atom. The van der Waals surface area contributed by atoms with Crippen LogP contribution in [-0.4, -0.2) is 41.7 Å². The number of hydrogen-bond acceptors (Lipinski definition) is 7. The number of hydrazine groups is 1. The minimum atomic E-state index is -0.510. The molecule has 0 aromatic carbocycles. The van der Waals surface area contributed by atoms with Crippen molar-refractivity contribution in [2.45, 2.75) is 6.04 Å². The summed E-state index contributed by atoms with van der Waals surface area (Å²) in [7, 11) is 0. The molecule has 0 spiro atoms. The van der Waals surface area contributed by atoms with Gasteiger partial charge in [-0.15, -0.1) is 0 Å². The first kappa shape index (κ1) is 11.6. The Hall–Kier alpha value is -1.93. The number of anilines is 2. The van der Waals surface area contributed by atoms with Crippen molar-refractivity contribution in [2.75, 3.05) is 30.1 Å². The van der Waals surface area contributed by atoms with Gasteiger partial charge in [0.15, 0.2) is 0 Å². The fraction of sp³-hybridized carbons (Fsp3) is 0.444. The second-order valence-corrected chi connectivity index (χ2v) is 3.59. The van der Waals surface area contributed by atoms with E-state index in [2.05, 4.69) is 15.4 Å². The Morgan fingerprint density at radius 3 is 3.12 bits per heavy atom. The number of primary amides is 1. The fourth-order valence-electron chi connectivity index (χ4n) is 1.70. The van der Waals surface area contributed by atoms with Gasteiger partial charge in [-0.05, 0) is 0 Å². The van der Waals surface area contributed by atoms with Gasteiger partial charge in [0.25, 0.3) is 0 Å². The van der Waals surface area contributed by atoms with Crippen LogP contribution < -0.4 is 21.9 Å². The third kappa shape index (κ3) is 2.43. The van der Waals surface area contributed by atoms with Gasteiger partial charge in [0.1, 0.15) is 24.0 Å². The maximum Gasteiger partial charge on any atom is 0.242 e. The molecule has 17 heavy (non-hydrogen) atoms. The zero-order valence-electron chi connectivity index (χ0n) is 9.17. The Morgan fingerprint density at radius 1 is 1.59 bits per heavy atom. The molecule has 0 saturated carbocycles. The number of hydrogen-bond donors (Lipinski definition) is 3. The van der Waals surface area contributed by atoms with E-state index in [4.69, 9.17) is 16.3 Å². The van der Waals surface area contributed by atoms with Crippen molar-refractivity contribution in [1.82, 2.24) is 9.97 Å². The second-order valence-electron chi connectivity index (χ2n) is 3.59. The number of rotatable bonds is 3. The summed E-state index contributed by atoms with van der Waals surface area (Å²) < 4.78 is 5.23. The fourth-order valence-corrected chi connectivity index (χ4v) is 1.70. The van der Waals surface area contributed by atoms with E-state index >= 15 is 0 Å². The molecule has 1 aliphatic heterocycles. The highest BCUT2D eigenvalue weighted by Gasteiger charge is 2.28. The molecular weight excluding hydrogens is 224 g/mol. The smallest absolute Gasteiger partial charge is 0.242 e. The van der Waals surface area contributed by atoms with Gasteiger partial charge >= 0.3 is 0 Å². The number of amides is 1. The molecule has 1 fully saturated rings. The average molecular weight is 238 g/mol. The van der Waals surface area contributed by atoms with Crippen molar-refractivity contribution in [3.8, 4) is 0 Å². The molecule has 2 rings (SSSR count). The molecule has 1 amide bonds. The molecule has 1 aromatic heterocycles. The van der Waals surface area contributed by atoms with Crippen molar-refractivity contribution in [1.29, 1.82) is 0 Å². The molecule has 1 aromatic rings. The van der Waals surface area contributed by atoms with Crippen LogP contribution in [0.1, 0.15) is 0 Å². The van der Waals surface area contributed by atoms with Gasteiger partial charge in [0.05, 0.1) is 13.2 Å². The highest BCUT2D eigenvalue weighted by Crippen LogP contribution is 2.18. The number of ether oxygens (including phenoxy) is 1. The van der Waals surface area contributed by atoms with E-state index in [1.54, 1.807) is 11.0 Å². The molecule has 1 atom stereocenters. The summed E-state index contributed by atoms with van der Waals surface area (Å²) in [5.41, 5.74) is 7.75. The summed E-state index contributed by atoms with van der Waals surface area (Å²) >= 11 is 0. The van der Waals surface area contributed by atoms with Gasteiger partial charge in [-0.1, -0.05) is 0 Å². The maximum absolute atomic E-state index is 11.3. The molecular formula is C9H14N6O2. The monoisotopic (exact) mass is 238 g/mol. The number of nitrogen functional groups attached to an aromatic ring is 1. The molecule has 1 unspecified atom stereocenters. The summed E-state index contributed by atoms with van der Waals surface area (Å²) in [6.07, 6.45) is 1.37. The van der Waals surface area contributed by atoms with E-state index in [-0.39, 0.29) is 6.61 Å². The van der Waals surface area contributed by atoms with Crippen molar-refractivity contribution >= 4 is 17.5 Å². The Bertz CT molecular complexity index is 412. The summed E-state index contributed by atoms with van der Waals surface area (Å²) in [6, 6.07) is 1.14. The quantitative estimate of drug-likeness (QED) is 0.431. The number of nitrogens with two attached hydrogens (primary N) is 2. The SMILES string of the molecule is NNc1cc(N2CCOCC2C(N)=O)ncn1. The van der Waals surface area contributed by atoms with E-state index in [9.17, 15) is 4.79 Å². The topological polar surface area (TPSA) is 119 Å². The summed E-state index contributed by atoms with van der Waals surface area (Å²) in [5.74, 6) is 5.90. The molecule has 2 heterocycles. The van der Waals surface area contributed by atoms with Crippen molar-refractivity contribution in [3.05, 3.63) is 12.4 Å². The van der Waals surface area contributed by atoms with E-state index in [1.165, 1.54) is 6.33 Å². The average Bonchev–Trinajstić information content (AvgIpc) is 2.39. The summed E-state index contributed by atoms with van der Waals surface area (Å²) in [5, 5.41) is 0. The highest BCUT2D eigenvalue weighted by molar-refractivity contribution is 5.83. The molecule has 5 N–H and O–H groups in total. The second kappa shape index (κ2) is 4.93. The third-order valence-corrected chi connectivity index (χ3v) is 2.55. The van der Waals surface area contributed by atoms with E-state index in [1.807, 2.05) is 0 Å². The maximum atomic E-state index is 11.3. The van der Waals surface area contributed by atoms with Crippen molar-refractivity contribution in [3.63, 3.8) is 0 Å². The van der Waals surface area contributed by atoms with Crippen molar-refractivity contribution < 1.29 is 9.53 Å². The van der Waals surface area contributed by atoms with Gasteiger partial charge in [0.2, 0.25) is 5.91 Å². The van der Waals surface area contributed by atoms with Gasteiger partial charge in [-0.25, -0.2) is 15.8 Å². The molecule has 8 nitrogen and oxygen atoms in total. The van der Waals surface area contributed by atoms with Crippen LogP contribution in [0.25, 0.3) is 0 Å². The van der Waals surface area contributed by atoms with E-state index in [0.29, 0.717) is 24.8 Å². The lowest BCUT2D eigenvalue weighted by atomic mass is 10.2. The van der Waals surface area contributed by atoms with E-state index in [0.717, 1.165) is 0 Å². The lowest BCUT2D eigenvalue weighted by molar-refractivity contribution is -0.121. The number of carbonyl (C=O) groups is 1. The van der Waals surface area contributed by atoms with Crippen LogP contribution in [0.15, 0.2) is 12.4 Å². The van der Waals surface area contributed by atoms with Crippen molar-refractivity contribution in [2.24, 2.45) is 11.6 Å². The summed E-state index contributed by atoms with van der Waals surface area (Å²) in [6.45, 7) is 1.35. The molecule has 0 aliphatic carbocycles. The Balaban J connectivity index is 2.26. The van der Waals surface area contributed by atoms with Crippen LogP contribution in [0, 0.1) is 0 Å². The Kier molecular flexibility index (Phi) is 3.35. The lowest BCUT2D eigenvalue weighted by Crippen LogP contribution is -2.53. The number of nitrogens with zero attached hydrogens (tertiary/aromatic N) is 3. The highest BCUT2D eigenvalue weighted by atomic mass is 16.5. The van der Waals surface area contributed by atoms with E-state index < -0.39 is 11.9 Å². The largest absolute Gasteiger partial charge is 0.377 e. The number of nitrogens with one attached hydrogen (secondary N) is 1. The molecule has 1 saturated heterocycles. The van der Waals surface area contributed by atoms with Gasteiger partial charge < -0.3 is 20.8 Å². The number of morpholine rings is 1. The van der Waals surface area contributed by atoms with Crippen LogP contribution in [0.5, 0.6) is 0 Å². The molecule has 92 valence electrons. The van der Waals surface area contributed by atoms with Gasteiger partial charge in [-0.3, -0.25) is 4.79 Å².